The fourth-order valence-corrected chi connectivity index (χ4v) is 2.81. The summed E-state index contributed by atoms with van der Waals surface area (Å²) in [5, 5.41) is 3.48. The molecule has 0 fully saturated rings. The molecule has 19 heavy (non-hydrogen) atoms. The highest BCUT2D eigenvalue weighted by atomic mass is 15.1. The van der Waals surface area contributed by atoms with Gasteiger partial charge in [0.05, 0.1) is 0 Å². The molecule has 0 saturated carbocycles. The Morgan fingerprint density at radius 1 is 1.11 bits per heavy atom. The molecule has 0 unspecified atom stereocenters. The molecular formula is C17H28N2. The van der Waals surface area contributed by atoms with Crippen LogP contribution in [-0.4, -0.2) is 25.7 Å². The summed E-state index contributed by atoms with van der Waals surface area (Å²) in [5.41, 5.74) is 3.01. The molecule has 0 aromatic heterocycles. The van der Waals surface area contributed by atoms with Crippen molar-refractivity contribution in [3.63, 3.8) is 0 Å². The molecule has 0 atom stereocenters. The average molecular weight is 260 g/mol. The molecule has 1 aliphatic rings. The molecular weight excluding hydrogens is 232 g/mol. The SMILES string of the molecule is CC(C)NCCCCCCN1CCc2ccccc21. The Balaban J connectivity index is 1.57. The van der Waals surface area contributed by atoms with Gasteiger partial charge in [0.2, 0.25) is 0 Å². The zero-order valence-electron chi connectivity index (χ0n) is 12.5. The molecule has 2 rings (SSSR count). The van der Waals surface area contributed by atoms with Gasteiger partial charge < -0.3 is 10.2 Å². The van der Waals surface area contributed by atoms with Gasteiger partial charge in [-0.05, 0) is 37.4 Å². The van der Waals surface area contributed by atoms with Crippen LogP contribution in [0.2, 0.25) is 0 Å². The molecule has 1 aliphatic heterocycles. The molecule has 1 N–H and O–H groups in total. The van der Waals surface area contributed by atoms with Gasteiger partial charge in [0.25, 0.3) is 0 Å². The standard InChI is InChI=1S/C17H28N2/c1-15(2)18-12-7-3-4-8-13-19-14-11-16-9-5-6-10-17(16)19/h5-6,9-10,15,18H,3-4,7-8,11-14H2,1-2H3. The summed E-state index contributed by atoms with van der Waals surface area (Å²) in [4.78, 5) is 2.56. The number of nitrogens with one attached hydrogen (secondary N) is 1. The molecule has 0 amide bonds. The van der Waals surface area contributed by atoms with E-state index in [1.54, 1.807) is 0 Å². The summed E-state index contributed by atoms with van der Waals surface area (Å²) in [7, 11) is 0. The van der Waals surface area contributed by atoms with Gasteiger partial charge in [-0.25, -0.2) is 0 Å². The van der Waals surface area contributed by atoms with Gasteiger partial charge in [-0.3, -0.25) is 0 Å². The molecule has 0 bridgehead atoms. The number of hydrogen-bond acceptors (Lipinski definition) is 2. The van der Waals surface area contributed by atoms with Crippen LogP contribution in [0.5, 0.6) is 0 Å². The zero-order valence-corrected chi connectivity index (χ0v) is 12.5. The van der Waals surface area contributed by atoms with Crippen LogP contribution in [0, 0.1) is 0 Å². The Morgan fingerprint density at radius 3 is 2.74 bits per heavy atom. The van der Waals surface area contributed by atoms with Gasteiger partial charge >= 0.3 is 0 Å². The van der Waals surface area contributed by atoms with Crippen LogP contribution < -0.4 is 10.2 Å². The summed E-state index contributed by atoms with van der Waals surface area (Å²) in [5.74, 6) is 0. The molecule has 2 nitrogen and oxygen atoms in total. The van der Waals surface area contributed by atoms with Gasteiger partial charge in [0, 0.05) is 24.8 Å². The largest absolute Gasteiger partial charge is 0.371 e. The highest BCUT2D eigenvalue weighted by Crippen LogP contribution is 2.27. The molecule has 0 saturated heterocycles. The Morgan fingerprint density at radius 2 is 1.89 bits per heavy atom. The number of hydrogen-bond donors (Lipinski definition) is 1. The highest BCUT2D eigenvalue weighted by molar-refractivity contribution is 5.57. The van der Waals surface area contributed by atoms with Crippen LogP contribution in [0.1, 0.15) is 45.1 Å². The minimum Gasteiger partial charge on any atom is -0.371 e. The van der Waals surface area contributed by atoms with Gasteiger partial charge in [-0.1, -0.05) is 44.9 Å². The first-order valence-electron chi connectivity index (χ1n) is 7.83. The van der Waals surface area contributed by atoms with E-state index in [2.05, 4.69) is 48.3 Å². The maximum atomic E-state index is 3.48. The van der Waals surface area contributed by atoms with Crippen LogP contribution in [-0.2, 0) is 6.42 Å². The quantitative estimate of drug-likeness (QED) is 0.718. The predicted molar refractivity (Wildman–Crippen MR) is 84.0 cm³/mol. The summed E-state index contributed by atoms with van der Waals surface area (Å²) in [6.45, 7) is 8.04. The smallest absolute Gasteiger partial charge is 0.0399 e. The van der Waals surface area contributed by atoms with E-state index in [1.807, 2.05) is 0 Å². The van der Waals surface area contributed by atoms with Gasteiger partial charge in [-0.15, -0.1) is 0 Å². The minimum atomic E-state index is 0.626. The van der Waals surface area contributed by atoms with Crippen LogP contribution in [0.4, 0.5) is 5.69 Å². The van der Waals surface area contributed by atoms with E-state index in [1.165, 1.54) is 63.0 Å². The molecule has 1 heterocycles. The Kier molecular flexibility index (Phi) is 5.71. The number of unbranched alkanes of at least 4 members (excludes halogenated alkanes) is 3. The fourth-order valence-electron chi connectivity index (χ4n) is 2.81. The van der Waals surface area contributed by atoms with E-state index in [-0.39, 0.29) is 0 Å². The van der Waals surface area contributed by atoms with Crippen molar-refractivity contribution in [2.45, 2.75) is 52.0 Å². The Bertz CT molecular complexity index is 373. The van der Waals surface area contributed by atoms with E-state index < -0.39 is 0 Å². The lowest BCUT2D eigenvalue weighted by atomic mass is 10.1. The predicted octanol–water partition coefficient (Wildman–Crippen LogP) is 3.61. The Hall–Kier alpha value is -1.02. The third-order valence-electron chi connectivity index (χ3n) is 3.89. The lowest BCUT2D eigenvalue weighted by Crippen LogP contribution is -2.23. The number of para-hydroxylation sites is 1. The summed E-state index contributed by atoms with van der Waals surface area (Å²) < 4.78 is 0. The number of rotatable bonds is 8. The number of nitrogens with zero attached hydrogens (tertiary/aromatic N) is 1. The summed E-state index contributed by atoms with van der Waals surface area (Å²) in [6.07, 6.45) is 6.59. The van der Waals surface area contributed by atoms with E-state index >= 15 is 0 Å². The minimum absolute atomic E-state index is 0.626. The number of fused-ring (bicyclic) bond motifs is 1. The first kappa shape index (κ1) is 14.4. The van der Waals surface area contributed by atoms with Crippen molar-refractivity contribution in [3.8, 4) is 0 Å². The zero-order chi connectivity index (χ0) is 13.5. The second kappa shape index (κ2) is 7.54. The molecule has 1 aromatic carbocycles. The second-order valence-corrected chi connectivity index (χ2v) is 5.89. The topological polar surface area (TPSA) is 15.3 Å². The van der Waals surface area contributed by atoms with E-state index in [0.717, 1.165) is 0 Å². The molecule has 0 aliphatic carbocycles. The van der Waals surface area contributed by atoms with Crippen LogP contribution in [0.3, 0.4) is 0 Å². The lowest BCUT2D eigenvalue weighted by Gasteiger charge is -2.19. The first-order valence-corrected chi connectivity index (χ1v) is 7.83. The molecule has 0 radical (unpaired) electrons. The molecule has 106 valence electrons. The van der Waals surface area contributed by atoms with E-state index in [0.29, 0.717) is 6.04 Å². The third-order valence-corrected chi connectivity index (χ3v) is 3.89. The third kappa shape index (κ3) is 4.54. The molecule has 0 spiro atoms. The van der Waals surface area contributed by atoms with Gasteiger partial charge in [-0.2, -0.15) is 0 Å². The fraction of sp³-hybridized carbons (Fsp3) is 0.647. The van der Waals surface area contributed by atoms with Crippen LogP contribution >= 0.6 is 0 Å². The average Bonchev–Trinajstić information content (AvgIpc) is 2.81. The number of anilines is 1. The number of benzene rings is 1. The van der Waals surface area contributed by atoms with Crippen molar-refractivity contribution < 1.29 is 0 Å². The Labute approximate surface area is 118 Å². The van der Waals surface area contributed by atoms with Crippen molar-refractivity contribution in [1.29, 1.82) is 0 Å². The summed E-state index contributed by atoms with van der Waals surface area (Å²) in [6, 6.07) is 9.49. The highest BCUT2D eigenvalue weighted by Gasteiger charge is 2.16. The first-order chi connectivity index (χ1) is 9.27. The summed E-state index contributed by atoms with van der Waals surface area (Å²) >= 11 is 0. The van der Waals surface area contributed by atoms with Crippen molar-refractivity contribution in [2.24, 2.45) is 0 Å². The van der Waals surface area contributed by atoms with Crippen molar-refractivity contribution in [3.05, 3.63) is 29.8 Å². The van der Waals surface area contributed by atoms with E-state index in [9.17, 15) is 0 Å². The maximum Gasteiger partial charge on any atom is 0.0399 e. The maximum absolute atomic E-state index is 3.48. The van der Waals surface area contributed by atoms with Crippen molar-refractivity contribution in [2.75, 3.05) is 24.5 Å². The monoisotopic (exact) mass is 260 g/mol. The van der Waals surface area contributed by atoms with Crippen LogP contribution in [0.15, 0.2) is 24.3 Å². The van der Waals surface area contributed by atoms with Crippen LogP contribution in [0.25, 0.3) is 0 Å². The normalized spacial score (nSPS) is 14.2. The van der Waals surface area contributed by atoms with Crippen molar-refractivity contribution in [1.82, 2.24) is 5.32 Å². The van der Waals surface area contributed by atoms with Crippen molar-refractivity contribution >= 4 is 5.69 Å². The lowest BCUT2D eigenvalue weighted by molar-refractivity contribution is 0.541. The second-order valence-electron chi connectivity index (χ2n) is 5.89. The molecule has 1 aromatic rings. The molecule has 2 heteroatoms. The van der Waals surface area contributed by atoms with Gasteiger partial charge in [0.1, 0.15) is 0 Å². The van der Waals surface area contributed by atoms with Gasteiger partial charge in [0.15, 0.2) is 0 Å². The van der Waals surface area contributed by atoms with E-state index in [4.69, 9.17) is 0 Å².